The van der Waals surface area contributed by atoms with Crippen molar-refractivity contribution in [2.75, 3.05) is 0 Å². The molecule has 0 atom stereocenters. The fourth-order valence-electron chi connectivity index (χ4n) is 0.874. The van der Waals surface area contributed by atoms with E-state index in [4.69, 9.17) is 0 Å². The minimum absolute atomic E-state index is 0.154. The van der Waals surface area contributed by atoms with Gasteiger partial charge < -0.3 is 0 Å². The Morgan fingerprint density at radius 1 is 1.31 bits per heavy atom. The lowest BCUT2D eigenvalue weighted by Crippen LogP contribution is -2.44. The smallest absolute Gasteiger partial charge is 0.292 e. The molecule has 8 heteroatoms. The van der Waals surface area contributed by atoms with Crippen molar-refractivity contribution >= 4 is 33.0 Å². The quantitative estimate of drug-likeness (QED) is 0.773. The molecule has 0 bridgehead atoms. The Kier molecular flexibility index (Phi) is 3.73. The van der Waals surface area contributed by atoms with Crippen LogP contribution in [0.25, 0.3) is 0 Å². The first kappa shape index (κ1) is 13.6. The van der Waals surface area contributed by atoms with Crippen molar-refractivity contribution < 1.29 is 26.7 Å². The van der Waals surface area contributed by atoms with E-state index in [1.165, 1.54) is 11.4 Å². The predicted molar refractivity (Wildman–Crippen MR) is 51.7 cm³/mol. The number of carbonyl (C=O) groups excluding carboxylic acids is 1. The van der Waals surface area contributed by atoms with Crippen LogP contribution < -0.4 is 0 Å². The summed E-state index contributed by atoms with van der Waals surface area (Å²) >= 11 is 3.94. The fraction of sp³-hybridized carbons (Fsp3) is 0.375. The molecule has 1 aromatic rings. The van der Waals surface area contributed by atoms with E-state index in [1.54, 1.807) is 0 Å². The Morgan fingerprint density at radius 3 is 2.25 bits per heavy atom. The summed E-state index contributed by atoms with van der Waals surface area (Å²) in [7, 11) is 0. The lowest BCUT2D eigenvalue weighted by Gasteiger charge is -2.17. The molecule has 1 nitrogen and oxygen atoms in total. The Labute approximate surface area is 99.4 Å². The summed E-state index contributed by atoms with van der Waals surface area (Å²) in [6, 6.07) is 1.33. The van der Waals surface area contributed by atoms with Gasteiger partial charge in [0.1, 0.15) is 0 Å². The number of Topliss-reactive ketones (excluding diaryl/α,β-unsaturated/α-hetero) is 1. The highest BCUT2D eigenvalue weighted by Crippen LogP contribution is 2.37. The third kappa shape index (κ3) is 2.79. The van der Waals surface area contributed by atoms with Crippen LogP contribution in [0.1, 0.15) is 4.88 Å². The average molecular weight is 323 g/mol. The third-order valence-corrected chi connectivity index (χ3v) is 3.36. The largest absolute Gasteiger partial charge is 0.461 e. The lowest BCUT2D eigenvalue weighted by atomic mass is 10.1. The lowest BCUT2D eigenvalue weighted by molar-refractivity contribution is -0.268. The van der Waals surface area contributed by atoms with Crippen LogP contribution in [0.3, 0.4) is 0 Å². The first-order valence-corrected chi connectivity index (χ1v) is 5.52. The zero-order valence-electron chi connectivity index (χ0n) is 7.45. The first-order chi connectivity index (χ1) is 7.14. The van der Waals surface area contributed by atoms with Gasteiger partial charge in [0.2, 0.25) is 5.78 Å². The standard InChI is InChI=1S/C8H4BrF5OS/c9-4-1-5(16-3-4)2-6(15)7(10,11)8(12,13)14/h1,3H,2H2. The van der Waals surface area contributed by atoms with Gasteiger partial charge in [0.15, 0.2) is 0 Å². The molecule has 0 unspecified atom stereocenters. The number of rotatable bonds is 3. The molecule has 16 heavy (non-hydrogen) atoms. The Bertz CT molecular complexity index is 397. The van der Waals surface area contributed by atoms with Crippen molar-refractivity contribution in [3.05, 3.63) is 20.8 Å². The monoisotopic (exact) mass is 322 g/mol. The third-order valence-electron chi connectivity index (χ3n) is 1.66. The molecule has 1 rings (SSSR count). The number of halogens is 6. The summed E-state index contributed by atoms with van der Waals surface area (Å²) in [6.07, 6.45) is -6.76. The van der Waals surface area contributed by atoms with E-state index in [1.807, 2.05) is 0 Å². The number of alkyl halides is 5. The van der Waals surface area contributed by atoms with Gasteiger partial charge in [-0.3, -0.25) is 4.79 Å². The van der Waals surface area contributed by atoms with Crippen LogP contribution in [-0.2, 0) is 11.2 Å². The van der Waals surface area contributed by atoms with Crippen LogP contribution >= 0.6 is 27.3 Å². The van der Waals surface area contributed by atoms with Crippen molar-refractivity contribution in [1.29, 1.82) is 0 Å². The molecule has 1 heterocycles. The second kappa shape index (κ2) is 4.40. The van der Waals surface area contributed by atoms with Crippen LogP contribution in [0.2, 0.25) is 0 Å². The fourth-order valence-corrected chi connectivity index (χ4v) is 2.32. The van der Waals surface area contributed by atoms with Gasteiger partial charge in [-0.1, -0.05) is 0 Å². The molecular formula is C8H4BrF5OS. The molecule has 0 saturated heterocycles. The highest BCUT2D eigenvalue weighted by Gasteiger charge is 2.62. The molecule has 0 amide bonds. The molecule has 0 spiro atoms. The zero-order valence-corrected chi connectivity index (χ0v) is 9.85. The second-order valence-electron chi connectivity index (χ2n) is 2.90. The normalized spacial score (nSPS) is 12.9. The molecule has 0 aliphatic carbocycles. The molecule has 0 aromatic carbocycles. The second-order valence-corrected chi connectivity index (χ2v) is 4.81. The first-order valence-electron chi connectivity index (χ1n) is 3.85. The minimum Gasteiger partial charge on any atom is -0.292 e. The zero-order chi connectivity index (χ0) is 12.6. The number of thiophene rings is 1. The van der Waals surface area contributed by atoms with Crippen molar-refractivity contribution in [3.63, 3.8) is 0 Å². The molecule has 0 aliphatic rings. The van der Waals surface area contributed by atoms with Crippen molar-refractivity contribution in [2.24, 2.45) is 0 Å². The average Bonchev–Trinajstić information content (AvgIpc) is 2.49. The van der Waals surface area contributed by atoms with Gasteiger partial charge in [0.05, 0.1) is 0 Å². The molecular weight excluding hydrogens is 319 g/mol. The highest BCUT2D eigenvalue weighted by molar-refractivity contribution is 9.10. The number of hydrogen-bond acceptors (Lipinski definition) is 2. The maximum absolute atomic E-state index is 12.5. The van der Waals surface area contributed by atoms with E-state index in [-0.39, 0.29) is 4.88 Å². The summed E-state index contributed by atoms with van der Waals surface area (Å²) in [5, 5.41) is 1.49. The van der Waals surface area contributed by atoms with E-state index in [0.29, 0.717) is 4.47 Å². The Morgan fingerprint density at radius 2 is 1.88 bits per heavy atom. The van der Waals surface area contributed by atoms with Gasteiger partial charge in [-0.15, -0.1) is 11.3 Å². The summed E-state index contributed by atoms with van der Waals surface area (Å²) in [5.74, 6) is -7.43. The van der Waals surface area contributed by atoms with Gasteiger partial charge in [0.25, 0.3) is 0 Å². The van der Waals surface area contributed by atoms with E-state index in [9.17, 15) is 26.7 Å². The van der Waals surface area contributed by atoms with Gasteiger partial charge in [0, 0.05) is 21.2 Å². The van der Waals surface area contributed by atoms with E-state index in [2.05, 4.69) is 15.9 Å². The maximum atomic E-state index is 12.5. The molecule has 1 aromatic heterocycles. The number of hydrogen-bond donors (Lipinski definition) is 0. The van der Waals surface area contributed by atoms with E-state index >= 15 is 0 Å². The van der Waals surface area contributed by atoms with Gasteiger partial charge >= 0.3 is 12.1 Å². The van der Waals surface area contributed by atoms with Crippen LogP contribution in [0, 0.1) is 0 Å². The maximum Gasteiger partial charge on any atom is 0.461 e. The summed E-state index contributed by atoms with van der Waals surface area (Å²) in [5.41, 5.74) is 0. The Balaban J connectivity index is 2.80. The van der Waals surface area contributed by atoms with E-state index < -0.39 is 24.3 Å². The molecule has 0 aliphatic heterocycles. The molecule has 0 fully saturated rings. The SMILES string of the molecule is O=C(Cc1cc(Br)cs1)C(F)(F)C(F)(F)F. The van der Waals surface area contributed by atoms with E-state index in [0.717, 1.165) is 11.3 Å². The molecule has 0 radical (unpaired) electrons. The van der Waals surface area contributed by atoms with Crippen LogP contribution in [0.15, 0.2) is 15.9 Å². The highest BCUT2D eigenvalue weighted by atomic mass is 79.9. The Hall–Kier alpha value is -0.500. The van der Waals surface area contributed by atoms with Gasteiger partial charge in [-0.25, -0.2) is 0 Å². The molecule has 0 saturated carbocycles. The number of carbonyl (C=O) groups is 1. The topological polar surface area (TPSA) is 17.1 Å². The van der Waals surface area contributed by atoms with Gasteiger partial charge in [-0.05, 0) is 22.0 Å². The summed E-state index contributed by atoms with van der Waals surface area (Å²) < 4.78 is 61.1. The summed E-state index contributed by atoms with van der Waals surface area (Å²) in [4.78, 5) is 11.0. The molecule has 90 valence electrons. The van der Waals surface area contributed by atoms with Crippen LogP contribution in [-0.4, -0.2) is 17.9 Å². The van der Waals surface area contributed by atoms with Crippen molar-refractivity contribution in [3.8, 4) is 0 Å². The minimum atomic E-state index is -5.83. The van der Waals surface area contributed by atoms with Crippen molar-refractivity contribution in [1.82, 2.24) is 0 Å². The molecule has 0 N–H and O–H groups in total. The number of ketones is 1. The van der Waals surface area contributed by atoms with Gasteiger partial charge in [-0.2, -0.15) is 22.0 Å². The predicted octanol–water partition coefficient (Wildman–Crippen LogP) is 3.82. The van der Waals surface area contributed by atoms with Crippen LogP contribution in [0.5, 0.6) is 0 Å². The van der Waals surface area contributed by atoms with Crippen molar-refractivity contribution in [2.45, 2.75) is 18.5 Å². The van der Waals surface area contributed by atoms with Crippen LogP contribution in [0.4, 0.5) is 22.0 Å². The summed E-state index contributed by atoms with van der Waals surface area (Å²) in [6.45, 7) is 0.